The van der Waals surface area contributed by atoms with Crippen LogP contribution in [0.25, 0.3) is 0 Å². The zero-order valence-corrected chi connectivity index (χ0v) is 16.1. The summed E-state index contributed by atoms with van der Waals surface area (Å²) in [6, 6.07) is 6.46. The Morgan fingerprint density at radius 2 is 1.89 bits per heavy atom. The highest BCUT2D eigenvalue weighted by Gasteiger charge is 2.53. The Morgan fingerprint density at radius 1 is 1.21 bits per heavy atom. The lowest BCUT2D eigenvalue weighted by molar-refractivity contribution is -0.166. The van der Waals surface area contributed by atoms with Crippen LogP contribution in [0.4, 0.5) is 9.39 Å². The first-order valence-electron chi connectivity index (χ1n) is 8.29. The van der Waals surface area contributed by atoms with Crippen molar-refractivity contribution in [3.8, 4) is 0 Å². The Kier molecular flexibility index (Phi) is 4.49. The average molecular weight is 425 g/mol. The second kappa shape index (κ2) is 6.62. The van der Waals surface area contributed by atoms with Crippen molar-refractivity contribution in [3.05, 3.63) is 47.3 Å². The molecule has 1 spiro atoms. The third kappa shape index (κ3) is 3.09. The number of carbonyl (C=O) groups excluding carboxylic acids is 2. The van der Waals surface area contributed by atoms with Crippen LogP contribution in [0.2, 0.25) is 0 Å². The summed E-state index contributed by atoms with van der Waals surface area (Å²) >= 11 is 0.711. The number of carbonyl (C=O) groups is 2. The van der Waals surface area contributed by atoms with Gasteiger partial charge >= 0.3 is 0 Å². The van der Waals surface area contributed by atoms with E-state index in [4.69, 9.17) is 10.5 Å². The van der Waals surface area contributed by atoms with Crippen molar-refractivity contribution >= 4 is 38.2 Å². The van der Waals surface area contributed by atoms with Gasteiger partial charge in [-0.25, -0.2) is 12.8 Å². The smallest absolute Gasteiger partial charge is 0.259 e. The molecule has 4 rings (SSSR count). The Morgan fingerprint density at radius 3 is 2.46 bits per heavy atom. The van der Waals surface area contributed by atoms with Gasteiger partial charge in [-0.1, -0.05) is 12.1 Å². The molecule has 11 heteroatoms. The molecule has 2 aliphatic heterocycles. The zero-order chi connectivity index (χ0) is 20.1. The summed E-state index contributed by atoms with van der Waals surface area (Å²) in [6.45, 7) is 1.74. The van der Waals surface area contributed by atoms with Gasteiger partial charge in [0.25, 0.3) is 21.8 Å². The van der Waals surface area contributed by atoms with Gasteiger partial charge in [-0.3, -0.25) is 9.59 Å². The van der Waals surface area contributed by atoms with Crippen molar-refractivity contribution < 1.29 is 27.1 Å². The van der Waals surface area contributed by atoms with E-state index in [0.717, 1.165) is 12.1 Å². The van der Waals surface area contributed by atoms with E-state index in [2.05, 4.69) is 5.32 Å². The molecular formula is C17H16FN3O5S2. The van der Waals surface area contributed by atoms with E-state index in [0.29, 0.717) is 37.6 Å². The minimum Gasteiger partial charge on any atom is -0.380 e. The van der Waals surface area contributed by atoms with Crippen molar-refractivity contribution in [1.29, 1.82) is 0 Å². The Hall–Kier alpha value is -2.34. The van der Waals surface area contributed by atoms with E-state index in [-0.39, 0.29) is 25.8 Å². The lowest BCUT2D eigenvalue weighted by atomic mass is 9.80. The van der Waals surface area contributed by atoms with Gasteiger partial charge in [0, 0.05) is 18.5 Å². The highest BCUT2D eigenvalue weighted by Crippen LogP contribution is 2.42. The molecule has 148 valence electrons. The first-order valence-corrected chi connectivity index (χ1v) is 10.5. The fourth-order valence-corrected chi connectivity index (χ4v) is 6.35. The molecular weight excluding hydrogens is 409 g/mol. The normalized spacial score (nSPS) is 18.3. The molecule has 0 aliphatic carbocycles. The summed E-state index contributed by atoms with van der Waals surface area (Å²) in [5, 5.41) is 2.35. The van der Waals surface area contributed by atoms with Crippen molar-refractivity contribution in [2.75, 3.05) is 31.6 Å². The number of hydrogen-bond donors (Lipinski definition) is 2. The van der Waals surface area contributed by atoms with Gasteiger partial charge in [-0.15, -0.1) is 11.3 Å². The summed E-state index contributed by atoms with van der Waals surface area (Å²) < 4.78 is 45.8. The number of sulfonamides is 1. The molecule has 2 aromatic rings. The van der Waals surface area contributed by atoms with E-state index >= 15 is 0 Å². The molecule has 3 heterocycles. The number of anilines is 1. The number of nitrogens with two attached hydrogens (primary N) is 1. The first-order chi connectivity index (χ1) is 13.2. The van der Waals surface area contributed by atoms with Gasteiger partial charge in [0.1, 0.15) is 15.0 Å². The minimum absolute atomic E-state index is 0.0402. The number of nitrogens with zero attached hydrogens (tertiary/aromatic N) is 1. The number of benzene rings is 1. The first kappa shape index (κ1) is 19.0. The van der Waals surface area contributed by atoms with Crippen LogP contribution in [-0.4, -0.2) is 50.8 Å². The van der Waals surface area contributed by atoms with E-state index in [1.165, 1.54) is 22.5 Å². The molecule has 1 aromatic heterocycles. The van der Waals surface area contributed by atoms with Gasteiger partial charge in [0.2, 0.25) is 0 Å². The molecule has 2 fully saturated rings. The Labute approximate surface area is 164 Å². The minimum atomic E-state index is -3.83. The van der Waals surface area contributed by atoms with Crippen molar-refractivity contribution in [2.45, 2.75) is 4.21 Å². The number of hydrogen-bond acceptors (Lipinski definition) is 6. The number of rotatable bonds is 5. The van der Waals surface area contributed by atoms with E-state index < -0.39 is 27.7 Å². The van der Waals surface area contributed by atoms with Crippen LogP contribution in [0.5, 0.6) is 0 Å². The van der Waals surface area contributed by atoms with E-state index in [9.17, 15) is 22.4 Å². The summed E-state index contributed by atoms with van der Waals surface area (Å²) in [4.78, 5) is 24.1. The summed E-state index contributed by atoms with van der Waals surface area (Å²) in [5.41, 5.74) is 4.84. The molecule has 28 heavy (non-hydrogen) atoms. The molecule has 0 radical (unpaired) electrons. The van der Waals surface area contributed by atoms with Crippen LogP contribution in [-0.2, 0) is 14.8 Å². The standard InChI is InChI=1S/C17H16FN3O5S2/c18-12-4-2-1-3-10(12)15(23)20-16-11(14(19)22)5-13(27-16)28(24,25)21-6-17(7-21)8-26-9-17/h1-5H,6-9H2,(H2,19,22)(H,20,23). The SMILES string of the molecule is NC(=O)c1cc(S(=O)(=O)N2CC3(COC3)C2)sc1NC(=O)c1ccccc1F. The van der Waals surface area contributed by atoms with E-state index in [1.807, 2.05) is 0 Å². The van der Waals surface area contributed by atoms with Gasteiger partial charge < -0.3 is 15.8 Å². The lowest BCUT2D eigenvalue weighted by Gasteiger charge is -2.53. The summed E-state index contributed by atoms with van der Waals surface area (Å²) in [7, 11) is -3.83. The fourth-order valence-electron chi connectivity index (χ4n) is 3.16. The van der Waals surface area contributed by atoms with Crippen LogP contribution in [0, 0.1) is 11.2 Å². The maximum atomic E-state index is 13.8. The van der Waals surface area contributed by atoms with Crippen LogP contribution >= 0.6 is 11.3 Å². The Bertz CT molecular complexity index is 1070. The number of thiophene rings is 1. The van der Waals surface area contributed by atoms with Crippen molar-refractivity contribution in [2.24, 2.45) is 11.1 Å². The molecule has 2 saturated heterocycles. The molecule has 2 aliphatic rings. The highest BCUT2D eigenvalue weighted by atomic mass is 32.2. The quantitative estimate of drug-likeness (QED) is 0.748. The van der Waals surface area contributed by atoms with Crippen molar-refractivity contribution in [1.82, 2.24) is 4.31 Å². The molecule has 2 amide bonds. The van der Waals surface area contributed by atoms with Gasteiger partial charge in [-0.05, 0) is 18.2 Å². The molecule has 3 N–H and O–H groups in total. The predicted octanol–water partition coefficient (Wildman–Crippen LogP) is 1.26. The Balaban J connectivity index is 1.60. The fraction of sp³-hybridized carbons (Fsp3) is 0.294. The maximum Gasteiger partial charge on any atom is 0.259 e. The molecule has 0 unspecified atom stereocenters. The molecule has 1 aromatic carbocycles. The van der Waals surface area contributed by atoms with Gasteiger partial charge in [0.15, 0.2) is 0 Å². The van der Waals surface area contributed by atoms with Crippen LogP contribution < -0.4 is 11.1 Å². The average Bonchev–Trinajstić information content (AvgIpc) is 2.97. The van der Waals surface area contributed by atoms with Crippen molar-refractivity contribution in [3.63, 3.8) is 0 Å². The zero-order valence-electron chi connectivity index (χ0n) is 14.5. The molecule has 0 bridgehead atoms. The largest absolute Gasteiger partial charge is 0.380 e. The second-order valence-electron chi connectivity index (χ2n) is 6.87. The third-order valence-corrected chi connectivity index (χ3v) is 8.05. The van der Waals surface area contributed by atoms with Crippen LogP contribution in [0.3, 0.4) is 0 Å². The summed E-state index contributed by atoms with van der Waals surface area (Å²) in [6.07, 6.45) is 0. The number of amides is 2. The number of primary amides is 1. The third-order valence-electron chi connectivity index (χ3n) is 4.75. The monoisotopic (exact) mass is 425 g/mol. The molecule has 8 nitrogen and oxygen atoms in total. The van der Waals surface area contributed by atoms with Crippen LogP contribution in [0.15, 0.2) is 34.5 Å². The predicted molar refractivity (Wildman–Crippen MR) is 99.2 cm³/mol. The van der Waals surface area contributed by atoms with Gasteiger partial charge in [0.05, 0.1) is 24.3 Å². The van der Waals surface area contributed by atoms with Gasteiger partial charge in [-0.2, -0.15) is 4.31 Å². The molecule has 0 atom stereocenters. The number of ether oxygens (including phenoxy) is 1. The molecule has 0 saturated carbocycles. The van der Waals surface area contributed by atoms with Crippen LogP contribution in [0.1, 0.15) is 20.7 Å². The maximum absolute atomic E-state index is 13.8. The summed E-state index contributed by atoms with van der Waals surface area (Å²) in [5.74, 6) is -2.44. The number of halogens is 1. The number of nitrogens with one attached hydrogen (secondary N) is 1. The topological polar surface area (TPSA) is 119 Å². The highest BCUT2D eigenvalue weighted by molar-refractivity contribution is 7.91. The lowest BCUT2D eigenvalue weighted by Crippen LogP contribution is -2.66. The second-order valence-corrected chi connectivity index (χ2v) is 10.1. The van der Waals surface area contributed by atoms with E-state index in [1.54, 1.807) is 0 Å².